The summed E-state index contributed by atoms with van der Waals surface area (Å²) in [7, 11) is -0.0705. The van der Waals surface area contributed by atoms with Gasteiger partial charge in [0, 0.05) is 25.9 Å². The summed E-state index contributed by atoms with van der Waals surface area (Å²) in [4.78, 5) is 27.7. The lowest BCUT2D eigenvalue weighted by molar-refractivity contribution is -0.388. The highest BCUT2D eigenvalue weighted by Crippen LogP contribution is 2.41. The van der Waals surface area contributed by atoms with E-state index in [-0.39, 0.29) is 10.5 Å². The summed E-state index contributed by atoms with van der Waals surface area (Å²) >= 11 is 2.24. The van der Waals surface area contributed by atoms with Gasteiger partial charge in [0.1, 0.15) is 20.5 Å². The number of carbonyl (C=O) groups is 1. The van der Waals surface area contributed by atoms with Gasteiger partial charge < -0.3 is 9.64 Å². The Labute approximate surface area is 164 Å². The van der Waals surface area contributed by atoms with Crippen molar-refractivity contribution in [3.8, 4) is 0 Å². The van der Waals surface area contributed by atoms with E-state index >= 15 is 0 Å². The fraction of sp³-hybridized carbons (Fsp3) is 0.357. The largest absolute Gasteiger partial charge is 0.465 e. The number of ether oxygens (including phenoxy) is 1. The molecule has 0 aliphatic carbocycles. The summed E-state index contributed by atoms with van der Waals surface area (Å²) in [6.45, 7) is 0.544. The van der Waals surface area contributed by atoms with E-state index < -0.39 is 31.5 Å². The number of esters is 1. The standard InChI is InChI=1S/C14H16N4O6S3/c1-17(2)8-16-27(22,23)11-7-9(13(19)24-3)6-10(18(20)21)12(11)26-14-15-4-5-25-14/h6-8H,4-5H2,1-3H3. The number of hydrogen-bond donors (Lipinski definition) is 0. The van der Waals surface area contributed by atoms with Crippen LogP contribution in [0.3, 0.4) is 0 Å². The molecule has 0 aromatic heterocycles. The summed E-state index contributed by atoms with van der Waals surface area (Å²) in [5.74, 6) is -0.188. The second kappa shape index (κ2) is 8.71. The number of methoxy groups -OCH3 is 1. The molecule has 0 saturated carbocycles. The van der Waals surface area contributed by atoms with Crippen LogP contribution in [0.2, 0.25) is 0 Å². The van der Waals surface area contributed by atoms with Crippen molar-refractivity contribution in [1.29, 1.82) is 0 Å². The molecule has 0 N–H and O–H groups in total. The Morgan fingerprint density at radius 1 is 1.48 bits per heavy atom. The summed E-state index contributed by atoms with van der Waals surface area (Å²) in [6, 6.07) is 2.02. The molecule has 146 valence electrons. The van der Waals surface area contributed by atoms with Crippen molar-refractivity contribution in [3.63, 3.8) is 0 Å². The van der Waals surface area contributed by atoms with Crippen LogP contribution in [0.5, 0.6) is 0 Å². The lowest BCUT2D eigenvalue weighted by Crippen LogP contribution is -2.12. The van der Waals surface area contributed by atoms with Gasteiger partial charge in [-0.05, 0) is 6.07 Å². The van der Waals surface area contributed by atoms with Gasteiger partial charge in [-0.3, -0.25) is 15.1 Å². The number of thioether (sulfide) groups is 2. The first-order valence-corrected chi connectivity index (χ1v) is 10.6. The Kier molecular flexibility index (Phi) is 6.84. The molecule has 0 fully saturated rings. The molecule has 1 heterocycles. The first kappa shape index (κ1) is 21.2. The highest BCUT2D eigenvalue weighted by molar-refractivity contribution is 8.39. The molecule has 0 atom stereocenters. The molecule has 1 aromatic carbocycles. The van der Waals surface area contributed by atoms with Gasteiger partial charge in [0.2, 0.25) is 0 Å². The minimum Gasteiger partial charge on any atom is -0.465 e. The Morgan fingerprint density at radius 3 is 2.70 bits per heavy atom. The Morgan fingerprint density at radius 2 is 2.19 bits per heavy atom. The van der Waals surface area contributed by atoms with Crippen LogP contribution >= 0.6 is 23.5 Å². The van der Waals surface area contributed by atoms with Gasteiger partial charge in [-0.2, -0.15) is 8.42 Å². The van der Waals surface area contributed by atoms with Gasteiger partial charge in [-0.25, -0.2) is 4.79 Å². The molecule has 27 heavy (non-hydrogen) atoms. The number of benzene rings is 1. The first-order valence-electron chi connectivity index (χ1n) is 7.38. The second-order valence-electron chi connectivity index (χ2n) is 5.33. The van der Waals surface area contributed by atoms with Crippen LogP contribution in [0.1, 0.15) is 10.4 Å². The van der Waals surface area contributed by atoms with E-state index in [2.05, 4.69) is 14.1 Å². The maximum Gasteiger partial charge on any atom is 0.338 e. The average Bonchev–Trinajstić information content (AvgIpc) is 3.12. The van der Waals surface area contributed by atoms with E-state index in [1.165, 1.54) is 16.7 Å². The predicted octanol–water partition coefficient (Wildman–Crippen LogP) is 1.85. The smallest absolute Gasteiger partial charge is 0.338 e. The summed E-state index contributed by atoms with van der Waals surface area (Å²) in [6.07, 6.45) is 1.06. The number of aliphatic imine (C=N–C) groups is 1. The molecule has 0 saturated heterocycles. The first-order chi connectivity index (χ1) is 12.7. The molecule has 0 spiro atoms. The molecule has 13 heteroatoms. The van der Waals surface area contributed by atoms with Crippen LogP contribution in [-0.4, -0.2) is 68.4 Å². The second-order valence-corrected chi connectivity index (χ2v) is 9.27. The van der Waals surface area contributed by atoms with E-state index in [0.717, 1.165) is 37.3 Å². The fourth-order valence-corrected chi connectivity index (χ4v) is 5.42. The summed E-state index contributed by atoms with van der Waals surface area (Å²) in [5, 5.41) is 11.6. The molecule has 1 aromatic rings. The van der Waals surface area contributed by atoms with Crippen LogP contribution in [-0.2, 0) is 14.8 Å². The third-order valence-electron chi connectivity index (χ3n) is 3.09. The van der Waals surface area contributed by atoms with E-state index in [1.807, 2.05) is 0 Å². The van der Waals surface area contributed by atoms with Gasteiger partial charge in [0.15, 0.2) is 0 Å². The van der Waals surface area contributed by atoms with Gasteiger partial charge in [0.05, 0.1) is 24.1 Å². The van der Waals surface area contributed by atoms with E-state index in [4.69, 9.17) is 0 Å². The number of rotatable bonds is 6. The Balaban J connectivity index is 2.73. The zero-order chi connectivity index (χ0) is 20.2. The van der Waals surface area contributed by atoms with E-state index in [0.29, 0.717) is 16.7 Å². The zero-order valence-electron chi connectivity index (χ0n) is 14.6. The SMILES string of the molecule is COC(=O)c1cc([N+](=O)[O-])c(SC2=NCCS2)c(S(=O)(=O)N=CN(C)C)c1. The minimum atomic E-state index is -4.32. The van der Waals surface area contributed by atoms with Crippen LogP contribution in [0.15, 0.2) is 31.3 Å². The molecule has 1 aliphatic heterocycles. The molecular formula is C14H16N4O6S3. The lowest BCUT2D eigenvalue weighted by atomic mass is 10.2. The van der Waals surface area contributed by atoms with Crippen molar-refractivity contribution < 1.29 is 22.9 Å². The summed E-state index contributed by atoms with van der Waals surface area (Å²) in [5.41, 5.74) is -0.787. The van der Waals surface area contributed by atoms with Crippen molar-refractivity contribution in [2.75, 3.05) is 33.5 Å². The molecular weight excluding hydrogens is 416 g/mol. The topological polar surface area (TPSA) is 132 Å². The normalized spacial score (nSPS) is 14.3. The van der Waals surface area contributed by atoms with Crippen molar-refractivity contribution in [1.82, 2.24) is 4.90 Å². The van der Waals surface area contributed by atoms with E-state index in [1.54, 1.807) is 14.1 Å². The van der Waals surface area contributed by atoms with Crippen molar-refractivity contribution >= 4 is 55.9 Å². The number of nitro benzene ring substituents is 1. The summed E-state index contributed by atoms with van der Waals surface area (Å²) < 4.78 is 34.0. The van der Waals surface area contributed by atoms with Crippen molar-refractivity contribution in [3.05, 3.63) is 27.8 Å². The molecule has 1 aliphatic rings. The average molecular weight is 433 g/mol. The third kappa shape index (κ3) is 5.20. The van der Waals surface area contributed by atoms with Crippen LogP contribution < -0.4 is 0 Å². The molecule has 0 unspecified atom stereocenters. The van der Waals surface area contributed by atoms with E-state index in [9.17, 15) is 23.3 Å². The predicted molar refractivity (Wildman–Crippen MR) is 104 cm³/mol. The van der Waals surface area contributed by atoms with Crippen LogP contribution in [0.25, 0.3) is 0 Å². The highest BCUT2D eigenvalue weighted by atomic mass is 32.2. The molecule has 0 amide bonds. The molecule has 10 nitrogen and oxygen atoms in total. The van der Waals surface area contributed by atoms with Gasteiger partial charge in [-0.15, -0.1) is 4.40 Å². The maximum atomic E-state index is 12.7. The van der Waals surface area contributed by atoms with Crippen LogP contribution in [0.4, 0.5) is 5.69 Å². The van der Waals surface area contributed by atoms with Gasteiger partial charge >= 0.3 is 5.97 Å². The van der Waals surface area contributed by atoms with Crippen molar-refractivity contribution in [2.45, 2.75) is 9.79 Å². The third-order valence-corrected chi connectivity index (χ3v) is 6.78. The number of hydrogen-bond acceptors (Lipinski definition) is 9. The Bertz CT molecular complexity index is 927. The van der Waals surface area contributed by atoms with Gasteiger partial charge in [0.25, 0.3) is 15.7 Å². The quantitative estimate of drug-likeness (QED) is 0.217. The minimum absolute atomic E-state index is 0.142. The molecule has 2 rings (SSSR count). The highest BCUT2D eigenvalue weighted by Gasteiger charge is 2.31. The lowest BCUT2D eigenvalue weighted by Gasteiger charge is -2.11. The molecule has 0 radical (unpaired) electrons. The zero-order valence-corrected chi connectivity index (χ0v) is 17.1. The Hall–Kier alpha value is -2.12. The fourth-order valence-electron chi connectivity index (χ4n) is 1.93. The van der Waals surface area contributed by atoms with Crippen LogP contribution in [0, 0.1) is 10.1 Å². The maximum absolute atomic E-state index is 12.7. The molecule has 0 bridgehead atoms. The number of nitrogens with zero attached hydrogens (tertiary/aromatic N) is 4. The van der Waals surface area contributed by atoms with Gasteiger partial charge in [-0.1, -0.05) is 23.5 Å². The number of sulfonamides is 1. The number of nitro groups is 1. The monoisotopic (exact) mass is 432 g/mol. The van der Waals surface area contributed by atoms with Crippen molar-refractivity contribution in [2.24, 2.45) is 9.39 Å². The number of carbonyl (C=O) groups excluding carboxylic acids is 1.